The molecule has 0 aliphatic heterocycles. The number of rotatable bonds is 77. The molecular formula is C78H152O17P2. The average molecular weight is 1420 g/mol. The highest BCUT2D eigenvalue weighted by molar-refractivity contribution is 7.47. The first-order valence-corrected chi connectivity index (χ1v) is 43.5. The molecule has 0 spiro atoms. The number of phosphoric ester groups is 2. The number of aliphatic hydroxyl groups excluding tert-OH is 1. The van der Waals surface area contributed by atoms with E-state index in [1.165, 1.54) is 225 Å². The van der Waals surface area contributed by atoms with Crippen molar-refractivity contribution in [3.8, 4) is 0 Å². The number of ether oxygens (including phenoxy) is 4. The predicted molar refractivity (Wildman–Crippen MR) is 395 cm³/mol. The maximum absolute atomic E-state index is 13.1. The van der Waals surface area contributed by atoms with E-state index in [1.54, 1.807) is 0 Å². The monoisotopic (exact) mass is 1420 g/mol. The molecule has 0 saturated heterocycles. The minimum Gasteiger partial charge on any atom is -0.462 e. The first-order valence-electron chi connectivity index (χ1n) is 40.5. The number of carbonyl (C=O) groups excluding carboxylic acids is 4. The van der Waals surface area contributed by atoms with Crippen molar-refractivity contribution in [2.45, 2.75) is 426 Å². The largest absolute Gasteiger partial charge is 0.472 e. The Kier molecular flexibility index (Phi) is 68.4. The van der Waals surface area contributed by atoms with E-state index in [0.717, 1.165) is 102 Å². The zero-order chi connectivity index (χ0) is 71.4. The summed E-state index contributed by atoms with van der Waals surface area (Å²) in [7, 11) is -9.91. The fourth-order valence-corrected chi connectivity index (χ4v) is 13.6. The number of esters is 4. The van der Waals surface area contributed by atoms with Gasteiger partial charge in [0, 0.05) is 25.7 Å². The van der Waals surface area contributed by atoms with Crippen LogP contribution in [0.4, 0.5) is 0 Å². The Morgan fingerprint density at radius 2 is 0.526 bits per heavy atom. The molecule has 0 fully saturated rings. The lowest BCUT2D eigenvalue weighted by atomic mass is 9.99. The van der Waals surface area contributed by atoms with Gasteiger partial charge in [0.05, 0.1) is 26.4 Å². The maximum Gasteiger partial charge on any atom is 0.472 e. The molecule has 3 unspecified atom stereocenters. The summed E-state index contributed by atoms with van der Waals surface area (Å²) < 4.78 is 68.6. The van der Waals surface area contributed by atoms with E-state index < -0.39 is 97.5 Å². The Labute approximate surface area is 594 Å². The molecule has 19 heteroatoms. The zero-order valence-electron chi connectivity index (χ0n) is 63.4. The van der Waals surface area contributed by atoms with Gasteiger partial charge in [0.25, 0.3) is 0 Å². The van der Waals surface area contributed by atoms with E-state index in [9.17, 15) is 43.2 Å². The van der Waals surface area contributed by atoms with Crippen molar-refractivity contribution in [1.29, 1.82) is 0 Å². The van der Waals surface area contributed by atoms with Crippen LogP contribution in [0.3, 0.4) is 0 Å². The van der Waals surface area contributed by atoms with Crippen LogP contribution in [0.2, 0.25) is 0 Å². The third kappa shape index (κ3) is 70.9. The average Bonchev–Trinajstić information content (AvgIpc) is 1.55. The Morgan fingerprint density at radius 1 is 0.299 bits per heavy atom. The first kappa shape index (κ1) is 95.1. The highest BCUT2D eigenvalue weighted by atomic mass is 31.2. The van der Waals surface area contributed by atoms with Gasteiger partial charge < -0.3 is 33.8 Å². The molecule has 0 radical (unpaired) electrons. The minimum atomic E-state index is -4.96. The predicted octanol–water partition coefficient (Wildman–Crippen LogP) is 23.1. The van der Waals surface area contributed by atoms with Gasteiger partial charge in [0.2, 0.25) is 0 Å². The number of hydrogen-bond acceptors (Lipinski definition) is 15. The quantitative estimate of drug-likeness (QED) is 0.0222. The van der Waals surface area contributed by atoms with Crippen LogP contribution in [0.25, 0.3) is 0 Å². The summed E-state index contributed by atoms with van der Waals surface area (Å²) in [6.07, 6.45) is 58.1. The van der Waals surface area contributed by atoms with Crippen molar-refractivity contribution in [2.75, 3.05) is 39.6 Å². The molecule has 0 rings (SSSR count). The van der Waals surface area contributed by atoms with E-state index in [2.05, 4.69) is 41.5 Å². The Balaban J connectivity index is 5.23. The normalized spacial score (nSPS) is 14.2. The van der Waals surface area contributed by atoms with Crippen molar-refractivity contribution in [2.24, 2.45) is 11.8 Å². The van der Waals surface area contributed by atoms with Crippen molar-refractivity contribution in [1.82, 2.24) is 0 Å². The molecule has 6 atom stereocenters. The number of unbranched alkanes of at least 4 members (excludes halogenated alkanes) is 46. The molecule has 0 aromatic heterocycles. The highest BCUT2D eigenvalue weighted by Crippen LogP contribution is 2.45. The van der Waals surface area contributed by atoms with Crippen molar-refractivity contribution >= 4 is 39.5 Å². The van der Waals surface area contributed by atoms with Gasteiger partial charge >= 0.3 is 39.5 Å². The molecule has 0 heterocycles. The molecule has 3 N–H and O–H groups in total. The number of carbonyl (C=O) groups is 4. The summed E-state index contributed by atoms with van der Waals surface area (Å²) in [6.45, 7) is 9.65. The van der Waals surface area contributed by atoms with Crippen LogP contribution in [-0.2, 0) is 65.4 Å². The van der Waals surface area contributed by atoms with Crippen molar-refractivity contribution in [3.05, 3.63) is 0 Å². The summed E-state index contributed by atoms with van der Waals surface area (Å²) in [5.74, 6) is -0.507. The van der Waals surface area contributed by atoms with Crippen LogP contribution in [0, 0.1) is 11.8 Å². The van der Waals surface area contributed by atoms with Gasteiger partial charge in [-0.15, -0.1) is 0 Å². The lowest BCUT2D eigenvalue weighted by Crippen LogP contribution is -2.30. The summed E-state index contributed by atoms with van der Waals surface area (Å²) in [6, 6.07) is 0. The van der Waals surface area contributed by atoms with Crippen LogP contribution >= 0.6 is 15.6 Å². The molecule has 0 saturated carbocycles. The van der Waals surface area contributed by atoms with Gasteiger partial charge in [0.15, 0.2) is 12.2 Å². The van der Waals surface area contributed by atoms with Crippen molar-refractivity contribution in [3.63, 3.8) is 0 Å². The van der Waals surface area contributed by atoms with Crippen LogP contribution in [0.15, 0.2) is 0 Å². The summed E-state index contributed by atoms with van der Waals surface area (Å²) in [4.78, 5) is 72.9. The van der Waals surface area contributed by atoms with Crippen LogP contribution in [0.5, 0.6) is 0 Å². The lowest BCUT2D eigenvalue weighted by molar-refractivity contribution is -0.161. The molecule has 97 heavy (non-hydrogen) atoms. The van der Waals surface area contributed by atoms with Gasteiger partial charge in [-0.2, -0.15) is 0 Å². The van der Waals surface area contributed by atoms with Crippen LogP contribution < -0.4 is 0 Å². The van der Waals surface area contributed by atoms with E-state index in [4.69, 9.17) is 37.0 Å². The summed E-state index contributed by atoms with van der Waals surface area (Å²) in [5.41, 5.74) is 0. The molecule has 0 aromatic rings. The van der Waals surface area contributed by atoms with Gasteiger partial charge in [0.1, 0.15) is 19.3 Å². The van der Waals surface area contributed by atoms with E-state index in [0.29, 0.717) is 25.7 Å². The van der Waals surface area contributed by atoms with E-state index >= 15 is 0 Å². The fourth-order valence-electron chi connectivity index (χ4n) is 12.0. The number of aliphatic hydroxyl groups is 1. The molecule has 0 aromatic carbocycles. The molecular weight excluding hydrogens is 1270 g/mol. The lowest BCUT2D eigenvalue weighted by Gasteiger charge is -2.21. The van der Waals surface area contributed by atoms with Crippen molar-refractivity contribution < 1.29 is 80.2 Å². The molecule has 576 valence electrons. The van der Waals surface area contributed by atoms with Gasteiger partial charge in [-0.25, -0.2) is 9.13 Å². The second-order valence-corrected chi connectivity index (χ2v) is 31.7. The molecule has 0 amide bonds. The fraction of sp³-hybridized carbons (Fsp3) is 0.949. The number of phosphoric acid groups is 2. The number of hydrogen-bond donors (Lipinski definition) is 3. The van der Waals surface area contributed by atoms with Gasteiger partial charge in [-0.1, -0.05) is 356 Å². The SMILES string of the molecule is CCCCCCCCCCCCCCCCCCC(=O)OC[C@H](COP(=O)(O)OC[C@@H](O)COP(=O)(O)OC[C@@H](COC(=O)CCCCCCCCCCC)OC(=O)CCCCCCCCCCCCC(C)CC)OC(=O)CCCCCCCCCCCCCCCCCC(C)C. The van der Waals surface area contributed by atoms with E-state index in [-0.39, 0.29) is 25.7 Å². The van der Waals surface area contributed by atoms with Gasteiger partial charge in [-0.05, 0) is 37.5 Å². The minimum absolute atomic E-state index is 0.106. The Bertz CT molecular complexity index is 1870. The van der Waals surface area contributed by atoms with Crippen LogP contribution in [0.1, 0.15) is 408 Å². The third-order valence-corrected chi connectivity index (χ3v) is 20.5. The topological polar surface area (TPSA) is 237 Å². The smallest absolute Gasteiger partial charge is 0.462 e. The molecule has 0 aliphatic rings. The summed E-state index contributed by atoms with van der Waals surface area (Å²) >= 11 is 0. The molecule has 0 aliphatic carbocycles. The Hall–Kier alpha value is -1.94. The third-order valence-electron chi connectivity index (χ3n) is 18.6. The van der Waals surface area contributed by atoms with E-state index in [1.807, 2.05) is 0 Å². The zero-order valence-corrected chi connectivity index (χ0v) is 65.2. The van der Waals surface area contributed by atoms with Crippen LogP contribution in [-0.4, -0.2) is 96.7 Å². The second kappa shape index (κ2) is 69.8. The second-order valence-electron chi connectivity index (χ2n) is 28.8. The molecule has 0 bridgehead atoms. The first-order chi connectivity index (χ1) is 46.9. The standard InChI is InChI=1S/C78H152O17P2/c1-7-10-12-14-16-18-19-20-21-24-27-30-37-43-49-55-61-76(81)89-67-74(94-77(82)62-56-50-44-38-31-28-25-22-23-26-29-35-40-46-52-58-70(4)5)69-93-97(86,87)91-65-72(79)64-90-96(84,85)92-68-73(66-88-75(80)60-54-48-42-34-17-15-13-11-8-2)95-78(83)63-57-51-45-39-33-32-36-41-47-53-59-71(6)9-3/h70-74,79H,7-69H2,1-6H3,(H,84,85)(H,86,87)/t71?,72-,73+,74+/m0/s1. The Morgan fingerprint density at radius 3 is 0.784 bits per heavy atom. The van der Waals surface area contributed by atoms with Gasteiger partial charge in [-0.3, -0.25) is 37.3 Å². The maximum atomic E-state index is 13.1. The summed E-state index contributed by atoms with van der Waals surface area (Å²) in [5, 5.41) is 10.6. The molecule has 17 nitrogen and oxygen atoms in total. The highest BCUT2D eigenvalue weighted by Gasteiger charge is 2.30.